The van der Waals surface area contributed by atoms with E-state index >= 15 is 0 Å². The van der Waals surface area contributed by atoms with Gasteiger partial charge in [0.05, 0.1) is 17.5 Å². The Morgan fingerprint density at radius 3 is 2.31 bits per heavy atom. The van der Waals surface area contributed by atoms with E-state index in [1.165, 1.54) is 6.07 Å². The summed E-state index contributed by atoms with van der Waals surface area (Å²) in [5, 5.41) is 9.75. The number of hydrogen-bond acceptors (Lipinski definition) is 5. The number of hydrogen-bond donors (Lipinski definition) is 1. The van der Waals surface area contributed by atoms with E-state index in [2.05, 4.69) is 33.9 Å². The molecule has 0 radical (unpaired) electrons. The number of carboxylic acid groups (broad SMARTS) is 1. The Morgan fingerprint density at radius 1 is 1.03 bits per heavy atom. The van der Waals surface area contributed by atoms with Gasteiger partial charge in [-0.25, -0.2) is 4.79 Å². The molecule has 4 rings (SSSR count). The van der Waals surface area contributed by atoms with Crippen LogP contribution >= 0.6 is 0 Å². The summed E-state index contributed by atoms with van der Waals surface area (Å²) in [4.78, 5) is 25.1. The second-order valence-corrected chi connectivity index (χ2v) is 15.3. The van der Waals surface area contributed by atoms with Crippen molar-refractivity contribution in [3.8, 4) is 17.2 Å². The summed E-state index contributed by atoms with van der Waals surface area (Å²) in [6.07, 6.45) is -0.474. The first-order valence-corrected chi connectivity index (χ1v) is 14.9. The lowest BCUT2D eigenvalue weighted by atomic mass is 9.92. The monoisotopic (exact) mass is 504 g/mol. The zero-order valence-electron chi connectivity index (χ0n) is 21.3. The second-order valence-electron chi connectivity index (χ2n) is 10.6. The van der Waals surface area contributed by atoms with Crippen LogP contribution in [0.4, 0.5) is 0 Å². The van der Waals surface area contributed by atoms with Gasteiger partial charge in [0.15, 0.2) is 5.78 Å². The minimum Gasteiger partial charge on any atom is -0.543 e. The predicted octanol–water partition coefficient (Wildman–Crippen LogP) is 7.05. The summed E-state index contributed by atoms with van der Waals surface area (Å²) in [6, 6.07) is 20.4. The smallest absolute Gasteiger partial charge is 0.336 e. The van der Waals surface area contributed by atoms with Crippen LogP contribution in [0.2, 0.25) is 18.1 Å². The summed E-state index contributed by atoms with van der Waals surface area (Å²) < 4.78 is 18.4. The van der Waals surface area contributed by atoms with Gasteiger partial charge in [-0.1, -0.05) is 63.2 Å². The fraction of sp³-hybridized carbons (Fsp3) is 0.310. The molecule has 0 bridgehead atoms. The molecule has 0 spiro atoms. The first kappa shape index (κ1) is 25.5. The number of rotatable bonds is 7. The van der Waals surface area contributed by atoms with Crippen LogP contribution in [0, 0.1) is 0 Å². The van der Waals surface area contributed by atoms with Gasteiger partial charge in [-0.15, -0.1) is 0 Å². The summed E-state index contributed by atoms with van der Waals surface area (Å²) in [5.41, 5.74) is 1.90. The lowest BCUT2D eigenvalue weighted by Crippen LogP contribution is -2.44. The Kier molecular flexibility index (Phi) is 6.96. The van der Waals surface area contributed by atoms with Crippen LogP contribution in [-0.4, -0.2) is 25.2 Å². The zero-order valence-corrected chi connectivity index (χ0v) is 22.3. The highest BCUT2D eigenvalue weighted by Crippen LogP contribution is 2.42. The van der Waals surface area contributed by atoms with Gasteiger partial charge < -0.3 is 19.0 Å². The lowest BCUT2D eigenvalue weighted by Gasteiger charge is -2.37. The normalized spacial score (nSPS) is 15.6. The summed E-state index contributed by atoms with van der Waals surface area (Å²) >= 11 is 0. The van der Waals surface area contributed by atoms with Crippen LogP contribution in [0.5, 0.6) is 17.2 Å². The van der Waals surface area contributed by atoms with E-state index in [0.717, 1.165) is 11.1 Å². The summed E-state index contributed by atoms with van der Waals surface area (Å²) in [5.74, 6) is -0.0716. The van der Waals surface area contributed by atoms with Crippen molar-refractivity contribution >= 4 is 20.1 Å². The van der Waals surface area contributed by atoms with Gasteiger partial charge in [0.2, 0.25) is 8.32 Å². The largest absolute Gasteiger partial charge is 0.543 e. The molecule has 0 amide bonds. The SMILES string of the molecule is CC(C)(C)[Si](C)(C)Oc1cc2c(c(C(=O)O)c1)C(=O)CC(c1ccc(OCc3ccccc3)cc1)O2. The van der Waals surface area contributed by atoms with Crippen molar-refractivity contribution in [2.75, 3.05) is 0 Å². The maximum absolute atomic E-state index is 13.1. The third-order valence-corrected chi connectivity index (χ3v) is 11.3. The summed E-state index contributed by atoms with van der Waals surface area (Å²) in [7, 11) is -2.23. The fourth-order valence-corrected chi connectivity index (χ4v) is 4.83. The van der Waals surface area contributed by atoms with Crippen molar-refractivity contribution in [3.05, 3.63) is 89.0 Å². The average Bonchev–Trinajstić information content (AvgIpc) is 2.82. The molecule has 7 heteroatoms. The van der Waals surface area contributed by atoms with E-state index in [0.29, 0.717) is 18.1 Å². The van der Waals surface area contributed by atoms with E-state index in [9.17, 15) is 14.7 Å². The molecule has 1 atom stereocenters. The molecule has 1 unspecified atom stereocenters. The standard InChI is InChI=1S/C29H32O6Si/c1-29(2,3)36(4,5)35-22-15-23(28(31)32)27-24(30)17-25(34-26(27)16-22)20-11-13-21(14-12-20)33-18-19-9-7-6-8-10-19/h6-16,25H,17-18H2,1-5H3,(H,31,32). The van der Waals surface area contributed by atoms with Gasteiger partial charge >= 0.3 is 5.97 Å². The second kappa shape index (κ2) is 9.82. The Balaban J connectivity index is 1.57. The van der Waals surface area contributed by atoms with Crippen LogP contribution in [0.25, 0.3) is 0 Å². The van der Waals surface area contributed by atoms with Gasteiger partial charge in [-0.2, -0.15) is 0 Å². The van der Waals surface area contributed by atoms with Gasteiger partial charge in [0, 0.05) is 6.07 Å². The lowest BCUT2D eigenvalue weighted by molar-refractivity contribution is 0.0681. The van der Waals surface area contributed by atoms with Crippen molar-refractivity contribution in [2.24, 2.45) is 0 Å². The van der Waals surface area contributed by atoms with E-state index in [1.807, 2.05) is 54.6 Å². The third-order valence-electron chi connectivity index (χ3n) is 6.90. The zero-order chi connectivity index (χ0) is 26.1. The first-order chi connectivity index (χ1) is 16.9. The number of Topliss-reactive ketones (excluding diaryl/α,β-unsaturated/α-hetero) is 1. The molecule has 0 saturated carbocycles. The molecule has 0 aliphatic carbocycles. The number of ether oxygens (including phenoxy) is 2. The number of carbonyl (C=O) groups is 2. The van der Waals surface area contributed by atoms with Crippen molar-refractivity contribution < 1.29 is 28.6 Å². The number of aromatic carboxylic acids is 1. The van der Waals surface area contributed by atoms with Gasteiger partial charge in [-0.3, -0.25) is 4.79 Å². The number of ketones is 1. The minimum atomic E-state index is -2.23. The van der Waals surface area contributed by atoms with Crippen molar-refractivity contribution in [1.82, 2.24) is 0 Å². The van der Waals surface area contributed by atoms with Crippen LogP contribution in [0.3, 0.4) is 0 Å². The number of carboxylic acids is 1. The van der Waals surface area contributed by atoms with E-state index < -0.39 is 20.4 Å². The average molecular weight is 505 g/mol. The molecule has 1 N–H and O–H groups in total. The highest BCUT2D eigenvalue weighted by atomic mass is 28.4. The molecule has 0 fully saturated rings. The number of benzene rings is 3. The molecule has 6 nitrogen and oxygen atoms in total. The summed E-state index contributed by atoms with van der Waals surface area (Å²) in [6.45, 7) is 11.0. The number of carbonyl (C=O) groups excluding carboxylic acids is 1. The first-order valence-electron chi connectivity index (χ1n) is 12.0. The maximum Gasteiger partial charge on any atom is 0.336 e. The minimum absolute atomic E-state index is 0.0555. The van der Waals surface area contributed by atoms with E-state index in [4.69, 9.17) is 13.9 Å². The molecular weight excluding hydrogens is 472 g/mol. The fourth-order valence-electron chi connectivity index (χ4n) is 3.82. The molecule has 3 aromatic rings. The molecule has 0 aromatic heterocycles. The van der Waals surface area contributed by atoms with Crippen molar-refractivity contribution in [3.63, 3.8) is 0 Å². The Morgan fingerprint density at radius 2 is 1.69 bits per heavy atom. The molecule has 1 heterocycles. The third kappa shape index (κ3) is 5.46. The predicted molar refractivity (Wildman–Crippen MR) is 141 cm³/mol. The van der Waals surface area contributed by atoms with Crippen LogP contribution in [0.15, 0.2) is 66.7 Å². The van der Waals surface area contributed by atoms with Crippen LogP contribution in [-0.2, 0) is 6.61 Å². The van der Waals surface area contributed by atoms with Gasteiger partial charge in [0.25, 0.3) is 0 Å². The van der Waals surface area contributed by atoms with E-state index in [-0.39, 0.29) is 34.1 Å². The van der Waals surface area contributed by atoms with Crippen LogP contribution < -0.4 is 13.9 Å². The van der Waals surface area contributed by atoms with Gasteiger partial charge in [0.1, 0.15) is 30.0 Å². The maximum atomic E-state index is 13.1. The number of fused-ring (bicyclic) bond motifs is 1. The Labute approximate surface area is 213 Å². The molecule has 36 heavy (non-hydrogen) atoms. The topological polar surface area (TPSA) is 82.1 Å². The van der Waals surface area contributed by atoms with Gasteiger partial charge in [-0.05, 0) is 47.5 Å². The molecule has 1 aliphatic rings. The molecule has 0 saturated heterocycles. The highest BCUT2D eigenvalue weighted by molar-refractivity contribution is 6.74. The van der Waals surface area contributed by atoms with Crippen molar-refractivity contribution in [1.29, 1.82) is 0 Å². The van der Waals surface area contributed by atoms with Crippen molar-refractivity contribution in [2.45, 2.75) is 58.0 Å². The molecular formula is C29H32O6Si. The Hall–Kier alpha value is -3.58. The highest BCUT2D eigenvalue weighted by Gasteiger charge is 2.40. The molecule has 188 valence electrons. The quantitative estimate of drug-likeness (QED) is 0.347. The van der Waals surface area contributed by atoms with E-state index in [1.54, 1.807) is 6.07 Å². The Bertz CT molecular complexity index is 1260. The molecule has 3 aromatic carbocycles. The molecule has 1 aliphatic heterocycles. The van der Waals surface area contributed by atoms with Crippen LogP contribution in [0.1, 0.15) is 65.1 Å².